The molecule has 0 heterocycles. The Hall–Kier alpha value is 0.0400. The lowest BCUT2D eigenvalue weighted by Gasteiger charge is -2.04. The maximum absolute atomic E-state index is 10.8. The quantitative estimate of drug-likeness (QED) is 0.602. The molecule has 8 heteroatoms. The summed E-state index contributed by atoms with van der Waals surface area (Å²) in [7, 11) is -8.34. The molecule has 0 aromatic carbocycles. The zero-order chi connectivity index (χ0) is 9.83. The highest BCUT2D eigenvalue weighted by atomic mass is 31.2. The van der Waals surface area contributed by atoms with Crippen LogP contribution in [0.4, 0.5) is 0 Å². The van der Waals surface area contributed by atoms with E-state index in [1.807, 2.05) is 0 Å². The van der Waals surface area contributed by atoms with E-state index in [9.17, 15) is 9.13 Å². The van der Waals surface area contributed by atoms with Gasteiger partial charge in [-0.3, -0.25) is 9.13 Å². The molecule has 0 fully saturated rings. The van der Waals surface area contributed by atoms with Crippen LogP contribution in [-0.2, 0) is 13.7 Å². The fourth-order valence-corrected chi connectivity index (χ4v) is 2.22. The molecule has 0 aliphatic rings. The van der Waals surface area contributed by atoms with E-state index in [0.29, 0.717) is 11.6 Å². The Morgan fingerprint density at radius 2 is 1.75 bits per heavy atom. The predicted molar refractivity (Wildman–Crippen MR) is 42.6 cm³/mol. The third-order valence-corrected chi connectivity index (χ3v) is 2.69. The average Bonchev–Trinajstić information content (AvgIpc) is 1.83. The van der Waals surface area contributed by atoms with Crippen molar-refractivity contribution in [1.82, 2.24) is 0 Å². The van der Waals surface area contributed by atoms with Gasteiger partial charge in [-0.15, -0.1) is 0 Å². The summed E-state index contributed by atoms with van der Waals surface area (Å²) in [5.41, 5.74) is 0. The first-order valence-corrected chi connectivity index (χ1v) is 6.32. The van der Waals surface area contributed by atoms with Crippen molar-refractivity contribution in [2.75, 3.05) is 6.61 Å². The zero-order valence-corrected chi connectivity index (χ0v) is 8.11. The van der Waals surface area contributed by atoms with Crippen molar-refractivity contribution in [3.8, 4) is 0 Å². The van der Waals surface area contributed by atoms with E-state index in [-0.39, 0.29) is 6.61 Å². The van der Waals surface area contributed by atoms with Crippen LogP contribution in [0.1, 0.15) is 6.92 Å². The monoisotopic (exact) mass is 216 g/mol. The molecule has 0 saturated heterocycles. The van der Waals surface area contributed by atoms with Crippen LogP contribution in [0.3, 0.4) is 0 Å². The highest BCUT2D eigenvalue weighted by Crippen LogP contribution is 2.48. The summed E-state index contributed by atoms with van der Waals surface area (Å²) in [5, 5.41) is 0. The molecule has 1 unspecified atom stereocenters. The smallest absolute Gasteiger partial charge is 0.321 e. The molecule has 12 heavy (non-hydrogen) atoms. The Balaban J connectivity index is 4.34. The first-order chi connectivity index (χ1) is 5.27. The second kappa shape index (κ2) is 4.33. The molecule has 0 aliphatic carbocycles. The molecule has 0 aliphatic heterocycles. The summed E-state index contributed by atoms with van der Waals surface area (Å²) in [5.74, 6) is 0.834. The van der Waals surface area contributed by atoms with E-state index >= 15 is 0 Å². The Morgan fingerprint density at radius 3 is 2.08 bits per heavy atom. The van der Waals surface area contributed by atoms with Gasteiger partial charge >= 0.3 is 15.2 Å². The average molecular weight is 216 g/mol. The molecule has 0 aromatic heterocycles. The van der Waals surface area contributed by atoms with Crippen LogP contribution in [0, 0.1) is 0 Å². The van der Waals surface area contributed by atoms with Gasteiger partial charge < -0.3 is 19.2 Å². The van der Waals surface area contributed by atoms with Gasteiger partial charge in [0, 0.05) is 11.6 Å². The first kappa shape index (κ1) is 12.0. The first-order valence-electron chi connectivity index (χ1n) is 2.99. The van der Waals surface area contributed by atoms with Gasteiger partial charge in [0.25, 0.3) is 0 Å². The predicted octanol–water partition coefficient (Wildman–Crippen LogP) is 0.857. The molecule has 0 saturated carbocycles. The van der Waals surface area contributed by atoms with Gasteiger partial charge in [-0.1, -0.05) is 0 Å². The lowest BCUT2D eigenvalue weighted by molar-refractivity contribution is 0.283. The SMILES string of the molecule is CCOP(=O)(O)C=CP(=O)(O)O. The van der Waals surface area contributed by atoms with Crippen LogP contribution in [0.25, 0.3) is 0 Å². The number of hydrogen-bond donors (Lipinski definition) is 3. The van der Waals surface area contributed by atoms with Crippen molar-refractivity contribution >= 4 is 15.2 Å². The second-order valence-corrected chi connectivity index (χ2v) is 5.03. The van der Waals surface area contributed by atoms with E-state index in [0.717, 1.165) is 0 Å². The summed E-state index contributed by atoms with van der Waals surface area (Å²) >= 11 is 0. The molecule has 3 N–H and O–H groups in total. The minimum atomic E-state index is -4.38. The Kier molecular flexibility index (Phi) is 4.34. The van der Waals surface area contributed by atoms with Gasteiger partial charge in [0.15, 0.2) is 0 Å². The lowest BCUT2D eigenvalue weighted by atomic mass is 10.9. The lowest BCUT2D eigenvalue weighted by Crippen LogP contribution is -1.84. The maximum atomic E-state index is 10.8. The van der Waals surface area contributed by atoms with Gasteiger partial charge in [0.1, 0.15) is 0 Å². The highest BCUT2D eigenvalue weighted by Gasteiger charge is 2.16. The van der Waals surface area contributed by atoms with Crippen molar-refractivity contribution in [2.45, 2.75) is 6.92 Å². The minimum absolute atomic E-state index is 0.000718. The van der Waals surface area contributed by atoms with Gasteiger partial charge in [-0.05, 0) is 6.92 Å². The summed E-state index contributed by atoms with van der Waals surface area (Å²) in [6, 6.07) is 0. The summed E-state index contributed by atoms with van der Waals surface area (Å²) < 4.78 is 25.3. The normalized spacial score (nSPS) is 18.0. The Morgan fingerprint density at radius 1 is 1.25 bits per heavy atom. The standard InChI is InChI=1S/C4H10O6P2/c1-2-10-12(8,9)4-3-11(5,6)7/h3-4H,2H2,1H3,(H,8,9)(H2,5,6,7). The molecule has 0 aromatic rings. The third kappa shape index (κ3) is 6.73. The molecule has 0 spiro atoms. The Labute approximate surface area is 69.6 Å². The molecule has 1 atom stereocenters. The van der Waals surface area contributed by atoms with Crippen LogP contribution < -0.4 is 0 Å². The van der Waals surface area contributed by atoms with Gasteiger partial charge in [-0.2, -0.15) is 0 Å². The van der Waals surface area contributed by atoms with Crippen LogP contribution in [0.15, 0.2) is 11.6 Å². The molecule has 0 radical (unpaired) electrons. The van der Waals surface area contributed by atoms with Crippen molar-refractivity contribution in [3.05, 3.63) is 11.6 Å². The number of hydrogen-bond acceptors (Lipinski definition) is 3. The molecular weight excluding hydrogens is 206 g/mol. The fourth-order valence-electron chi connectivity index (χ4n) is 0.399. The molecule has 0 amide bonds. The van der Waals surface area contributed by atoms with E-state index in [2.05, 4.69) is 4.52 Å². The van der Waals surface area contributed by atoms with Crippen LogP contribution in [0.5, 0.6) is 0 Å². The topological polar surface area (TPSA) is 104 Å². The van der Waals surface area contributed by atoms with Crippen molar-refractivity contribution in [3.63, 3.8) is 0 Å². The summed E-state index contributed by atoms with van der Waals surface area (Å²) in [6.45, 7) is 1.49. The van der Waals surface area contributed by atoms with Crippen molar-refractivity contribution in [2.24, 2.45) is 0 Å². The van der Waals surface area contributed by atoms with E-state index < -0.39 is 15.2 Å². The van der Waals surface area contributed by atoms with Gasteiger partial charge in [0.05, 0.1) is 6.61 Å². The molecule has 0 rings (SSSR count). The minimum Gasteiger partial charge on any atom is -0.321 e. The van der Waals surface area contributed by atoms with E-state index in [4.69, 9.17) is 14.7 Å². The molecule has 72 valence electrons. The molecular formula is C4H10O6P2. The van der Waals surface area contributed by atoms with Crippen LogP contribution >= 0.6 is 15.2 Å². The summed E-state index contributed by atoms with van der Waals surface area (Å²) in [4.78, 5) is 25.4. The van der Waals surface area contributed by atoms with Crippen LogP contribution in [-0.4, -0.2) is 21.3 Å². The van der Waals surface area contributed by atoms with Crippen molar-refractivity contribution in [1.29, 1.82) is 0 Å². The molecule has 0 bridgehead atoms. The highest BCUT2D eigenvalue weighted by molar-refractivity contribution is 7.59. The van der Waals surface area contributed by atoms with Gasteiger partial charge in [-0.25, -0.2) is 0 Å². The third-order valence-electron chi connectivity index (χ3n) is 0.763. The maximum Gasteiger partial charge on any atom is 0.351 e. The summed E-state index contributed by atoms with van der Waals surface area (Å²) in [6.07, 6.45) is 0. The van der Waals surface area contributed by atoms with Crippen molar-refractivity contribution < 1.29 is 28.3 Å². The van der Waals surface area contributed by atoms with Gasteiger partial charge in [0.2, 0.25) is 0 Å². The van der Waals surface area contributed by atoms with E-state index in [1.54, 1.807) is 0 Å². The second-order valence-electron chi connectivity index (χ2n) is 1.87. The molecule has 6 nitrogen and oxygen atoms in total. The van der Waals surface area contributed by atoms with E-state index in [1.165, 1.54) is 6.92 Å². The zero-order valence-electron chi connectivity index (χ0n) is 6.32. The fraction of sp³-hybridized carbons (Fsp3) is 0.500. The Bertz CT molecular complexity index is 252. The number of rotatable bonds is 4. The van der Waals surface area contributed by atoms with Crippen LogP contribution in [0.2, 0.25) is 0 Å². The largest absolute Gasteiger partial charge is 0.351 e.